The molecule has 1 atom stereocenters. The molecule has 1 aromatic heterocycles. The minimum atomic E-state index is -0.450. The van der Waals surface area contributed by atoms with Gasteiger partial charge in [-0.3, -0.25) is 4.79 Å². The largest absolute Gasteiger partial charge is 0.385 e. The van der Waals surface area contributed by atoms with Gasteiger partial charge in [0.15, 0.2) is 0 Å². The molecule has 90 valence electrons. The third kappa shape index (κ3) is 4.46. The molecular formula is C11H19N3O2. The van der Waals surface area contributed by atoms with Crippen LogP contribution in [-0.4, -0.2) is 30.6 Å². The van der Waals surface area contributed by atoms with Gasteiger partial charge in [-0.05, 0) is 24.5 Å². The zero-order chi connectivity index (χ0) is 11.8. The second kappa shape index (κ2) is 7.03. The Labute approximate surface area is 95.4 Å². The molecule has 0 fully saturated rings. The van der Waals surface area contributed by atoms with E-state index < -0.39 is 6.04 Å². The third-order valence-electron chi connectivity index (χ3n) is 2.33. The molecule has 1 rings (SSSR count). The maximum atomic E-state index is 11.5. The van der Waals surface area contributed by atoms with Crippen molar-refractivity contribution in [3.05, 3.63) is 24.0 Å². The van der Waals surface area contributed by atoms with Gasteiger partial charge in [-0.2, -0.15) is 0 Å². The van der Waals surface area contributed by atoms with Gasteiger partial charge in [0.2, 0.25) is 5.91 Å². The van der Waals surface area contributed by atoms with Gasteiger partial charge in [-0.1, -0.05) is 0 Å². The quantitative estimate of drug-likeness (QED) is 0.587. The van der Waals surface area contributed by atoms with Crippen LogP contribution >= 0.6 is 0 Å². The molecule has 0 saturated heterocycles. The average Bonchev–Trinajstić information content (AvgIpc) is 2.79. The first kappa shape index (κ1) is 12.7. The van der Waals surface area contributed by atoms with Crippen LogP contribution in [0.15, 0.2) is 18.5 Å². The Morgan fingerprint density at radius 3 is 3.12 bits per heavy atom. The molecule has 5 heteroatoms. The highest BCUT2D eigenvalue weighted by molar-refractivity contribution is 5.81. The van der Waals surface area contributed by atoms with Crippen molar-refractivity contribution < 1.29 is 9.53 Å². The highest BCUT2D eigenvalue weighted by atomic mass is 16.5. The van der Waals surface area contributed by atoms with E-state index in [-0.39, 0.29) is 5.91 Å². The minimum absolute atomic E-state index is 0.114. The van der Waals surface area contributed by atoms with Gasteiger partial charge in [-0.15, -0.1) is 0 Å². The third-order valence-corrected chi connectivity index (χ3v) is 2.33. The normalized spacial score (nSPS) is 12.4. The number of methoxy groups -OCH3 is 1. The van der Waals surface area contributed by atoms with E-state index in [2.05, 4.69) is 10.3 Å². The molecule has 0 aliphatic carbocycles. The van der Waals surface area contributed by atoms with Crippen molar-refractivity contribution in [2.75, 3.05) is 13.7 Å². The summed E-state index contributed by atoms with van der Waals surface area (Å²) >= 11 is 0. The zero-order valence-electron chi connectivity index (χ0n) is 9.53. The van der Waals surface area contributed by atoms with Crippen LogP contribution < -0.4 is 11.1 Å². The summed E-state index contributed by atoms with van der Waals surface area (Å²) in [4.78, 5) is 14.5. The van der Waals surface area contributed by atoms with Crippen molar-refractivity contribution >= 4 is 5.91 Å². The highest BCUT2D eigenvalue weighted by Crippen LogP contribution is 1.98. The first-order chi connectivity index (χ1) is 7.74. The van der Waals surface area contributed by atoms with Gasteiger partial charge in [0, 0.05) is 32.7 Å². The van der Waals surface area contributed by atoms with Crippen LogP contribution in [0, 0.1) is 0 Å². The molecule has 1 amide bonds. The molecule has 0 radical (unpaired) electrons. The fourth-order valence-electron chi connectivity index (χ4n) is 1.37. The van der Waals surface area contributed by atoms with Crippen molar-refractivity contribution in [2.45, 2.75) is 25.4 Å². The Bertz CT molecular complexity index is 298. The van der Waals surface area contributed by atoms with E-state index in [1.165, 1.54) is 0 Å². The second-order valence-electron chi connectivity index (χ2n) is 3.68. The predicted octanol–water partition coefficient (Wildman–Crippen LogP) is 0.385. The molecule has 4 N–H and O–H groups in total. The summed E-state index contributed by atoms with van der Waals surface area (Å²) < 4.78 is 4.90. The van der Waals surface area contributed by atoms with E-state index in [1.54, 1.807) is 7.11 Å². The van der Waals surface area contributed by atoms with Gasteiger partial charge < -0.3 is 20.8 Å². The van der Waals surface area contributed by atoms with E-state index in [0.717, 1.165) is 12.0 Å². The van der Waals surface area contributed by atoms with E-state index in [1.807, 2.05) is 18.5 Å². The Hall–Kier alpha value is -1.33. The lowest BCUT2D eigenvalue weighted by molar-refractivity contribution is -0.122. The molecule has 0 aromatic carbocycles. The SMILES string of the molecule is COCCCC(N)C(=O)NCc1cc[nH]c1. The first-order valence-corrected chi connectivity index (χ1v) is 5.38. The van der Waals surface area contributed by atoms with Gasteiger partial charge in [-0.25, -0.2) is 0 Å². The molecule has 0 bridgehead atoms. The summed E-state index contributed by atoms with van der Waals surface area (Å²) in [7, 11) is 1.64. The Balaban J connectivity index is 2.18. The monoisotopic (exact) mass is 225 g/mol. The number of H-pyrrole nitrogens is 1. The van der Waals surface area contributed by atoms with Crippen molar-refractivity contribution in [1.82, 2.24) is 10.3 Å². The number of rotatable bonds is 7. The molecule has 1 aromatic rings. The number of ether oxygens (including phenoxy) is 1. The number of nitrogens with one attached hydrogen (secondary N) is 2. The second-order valence-corrected chi connectivity index (χ2v) is 3.68. The molecule has 1 heterocycles. The van der Waals surface area contributed by atoms with Gasteiger partial charge in [0.1, 0.15) is 0 Å². The molecule has 0 aliphatic rings. The molecular weight excluding hydrogens is 206 g/mol. The van der Waals surface area contributed by atoms with E-state index in [4.69, 9.17) is 10.5 Å². The van der Waals surface area contributed by atoms with Crippen LogP contribution in [0.1, 0.15) is 18.4 Å². The summed E-state index contributed by atoms with van der Waals surface area (Å²) in [5, 5.41) is 2.79. The van der Waals surface area contributed by atoms with Crippen LogP contribution in [0.3, 0.4) is 0 Å². The number of hydrogen-bond acceptors (Lipinski definition) is 3. The maximum absolute atomic E-state index is 11.5. The Morgan fingerprint density at radius 1 is 1.69 bits per heavy atom. The highest BCUT2D eigenvalue weighted by Gasteiger charge is 2.12. The smallest absolute Gasteiger partial charge is 0.237 e. The van der Waals surface area contributed by atoms with Crippen molar-refractivity contribution in [1.29, 1.82) is 0 Å². The first-order valence-electron chi connectivity index (χ1n) is 5.38. The lowest BCUT2D eigenvalue weighted by Gasteiger charge is -2.11. The lowest BCUT2D eigenvalue weighted by Crippen LogP contribution is -2.40. The molecule has 1 unspecified atom stereocenters. The predicted molar refractivity (Wildman–Crippen MR) is 61.7 cm³/mol. The van der Waals surface area contributed by atoms with Gasteiger partial charge >= 0.3 is 0 Å². The summed E-state index contributed by atoms with van der Waals surface area (Å²) in [5.41, 5.74) is 6.76. The molecule has 0 saturated carbocycles. The number of nitrogens with two attached hydrogens (primary N) is 1. The summed E-state index contributed by atoms with van der Waals surface area (Å²) in [6.45, 7) is 1.15. The number of aromatic amines is 1. The topological polar surface area (TPSA) is 80.1 Å². The summed E-state index contributed by atoms with van der Waals surface area (Å²) in [6, 6.07) is 1.46. The number of carbonyl (C=O) groups is 1. The zero-order valence-corrected chi connectivity index (χ0v) is 9.53. The average molecular weight is 225 g/mol. The molecule has 5 nitrogen and oxygen atoms in total. The van der Waals surface area contributed by atoms with Crippen LogP contribution in [-0.2, 0) is 16.1 Å². The minimum Gasteiger partial charge on any atom is -0.385 e. The molecule has 16 heavy (non-hydrogen) atoms. The summed E-state index contributed by atoms with van der Waals surface area (Å²) in [5.74, 6) is -0.114. The lowest BCUT2D eigenvalue weighted by atomic mass is 10.1. The van der Waals surface area contributed by atoms with Crippen LogP contribution in [0.4, 0.5) is 0 Å². The standard InChI is InChI=1S/C11H19N3O2/c1-16-6-2-3-10(12)11(15)14-8-9-4-5-13-7-9/h4-5,7,10,13H,2-3,6,8,12H2,1H3,(H,14,15). The summed E-state index contributed by atoms with van der Waals surface area (Å²) in [6.07, 6.45) is 5.11. The fraction of sp³-hybridized carbons (Fsp3) is 0.545. The van der Waals surface area contributed by atoms with E-state index in [0.29, 0.717) is 19.6 Å². The van der Waals surface area contributed by atoms with E-state index in [9.17, 15) is 4.79 Å². The Kier molecular flexibility index (Phi) is 5.60. The Morgan fingerprint density at radius 2 is 2.50 bits per heavy atom. The number of carbonyl (C=O) groups excluding carboxylic acids is 1. The van der Waals surface area contributed by atoms with Crippen LogP contribution in [0.2, 0.25) is 0 Å². The van der Waals surface area contributed by atoms with Gasteiger partial charge in [0.05, 0.1) is 6.04 Å². The molecule has 0 spiro atoms. The van der Waals surface area contributed by atoms with Crippen molar-refractivity contribution in [2.24, 2.45) is 5.73 Å². The van der Waals surface area contributed by atoms with Crippen molar-refractivity contribution in [3.63, 3.8) is 0 Å². The number of aromatic nitrogens is 1. The van der Waals surface area contributed by atoms with E-state index >= 15 is 0 Å². The van der Waals surface area contributed by atoms with Crippen LogP contribution in [0.25, 0.3) is 0 Å². The molecule has 0 aliphatic heterocycles. The van der Waals surface area contributed by atoms with Crippen molar-refractivity contribution in [3.8, 4) is 0 Å². The van der Waals surface area contributed by atoms with Gasteiger partial charge in [0.25, 0.3) is 0 Å². The van der Waals surface area contributed by atoms with Crippen LogP contribution in [0.5, 0.6) is 0 Å². The number of hydrogen-bond donors (Lipinski definition) is 3. The maximum Gasteiger partial charge on any atom is 0.237 e. The number of amides is 1. The fourth-order valence-corrected chi connectivity index (χ4v) is 1.37.